The smallest absolute Gasteiger partial charge is 0.156 e. The highest BCUT2D eigenvalue weighted by atomic mass is 19.1. The molecule has 1 aromatic carbocycles. The first-order valence-corrected chi connectivity index (χ1v) is 12.5. The second-order valence-electron chi connectivity index (χ2n) is 10.2. The first kappa shape index (κ1) is 20.9. The maximum Gasteiger partial charge on any atom is 0.156 e. The molecule has 178 valence electrons. The summed E-state index contributed by atoms with van der Waals surface area (Å²) in [4.78, 5) is 23.7. The molecule has 1 fully saturated rings. The first-order chi connectivity index (χ1) is 17.1. The minimum Gasteiger partial charge on any atom is -0.355 e. The molecule has 0 amide bonds. The molecule has 1 saturated heterocycles. The summed E-state index contributed by atoms with van der Waals surface area (Å²) in [5.74, 6) is 1.63. The number of amidine groups is 1. The number of aryl methyl sites for hydroxylation is 1. The Morgan fingerprint density at radius 3 is 2.77 bits per heavy atom. The Balaban J connectivity index is 1.09. The number of hydrogen-bond donors (Lipinski definition) is 1. The fourth-order valence-corrected chi connectivity index (χ4v) is 6.47. The second kappa shape index (κ2) is 7.81. The summed E-state index contributed by atoms with van der Waals surface area (Å²) in [6, 6.07) is 9.21. The van der Waals surface area contributed by atoms with Crippen molar-refractivity contribution in [1.29, 1.82) is 0 Å². The van der Waals surface area contributed by atoms with Crippen LogP contribution in [0.2, 0.25) is 0 Å². The number of pyridine rings is 1. The van der Waals surface area contributed by atoms with Crippen molar-refractivity contribution in [1.82, 2.24) is 15.0 Å². The van der Waals surface area contributed by atoms with Gasteiger partial charge in [-0.05, 0) is 61.3 Å². The standard InChI is InChI=1S/C27H28FN7/c28-18-5-1-4-17-14-27(25(29)23(17)18)8-12-34(13-9-27)22-16-31-24-20(33-22)15-32-26(24)35-11-3-6-19-21(35)7-2-10-30-19/h1-2,4-5,7,10,16,25H,3,6,8-9,11-15,29H2/t25-/m0/s1. The molecule has 4 aliphatic rings. The maximum absolute atomic E-state index is 14.5. The normalized spacial score (nSPS) is 22.1. The van der Waals surface area contributed by atoms with E-state index in [9.17, 15) is 4.39 Å². The van der Waals surface area contributed by atoms with Gasteiger partial charge >= 0.3 is 0 Å². The van der Waals surface area contributed by atoms with E-state index in [0.717, 1.165) is 97.3 Å². The monoisotopic (exact) mass is 469 g/mol. The number of aliphatic imine (C=N–C) groups is 1. The van der Waals surface area contributed by atoms with Crippen LogP contribution in [-0.2, 0) is 19.4 Å². The lowest BCUT2D eigenvalue weighted by molar-refractivity contribution is 0.185. The van der Waals surface area contributed by atoms with Gasteiger partial charge in [0, 0.05) is 37.4 Å². The zero-order valence-corrected chi connectivity index (χ0v) is 19.6. The number of rotatable bonds is 1. The molecule has 1 aliphatic carbocycles. The van der Waals surface area contributed by atoms with E-state index in [1.807, 2.05) is 24.5 Å². The van der Waals surface area contributed by atoms with Gasteiger partial charge in [0.2, 0.25) is 0 Å². The van der Waals surface area contributed by atoms with Crippen molar-refractivity contribution in [3.63, 3.8) is 0 Å². The zero-order valence-electron chi connectivity index (χ0n) is 19.6. The molecule has 2 aromatic heterocycles. The van der Waals surface area contributed by atoms with E-state index in [1.165, 1.54) is 6.07 Å². The molecule has 8 heteroatoms. The van der Waals surface area contributed by atoms with Crippen LogP contribution in [0.15, 0.2) is 47.7 Å². The molecule has 1 atom stereocenters. The Morgan fingerprint density at radius 2 is 1.91 bits per heavy atom. The Kier molecular flexibility index (Phi) is 4.67. The molecule has 1 spiro atoms. The summed E-state index contributed by atoms with van der Waals surface area (Å²) in [6.07, 6.45) is 8.48. The van der Waals surface area contributed by atoms with Crippen molar-refractivity contribution in [2.45, 2.75) is 44.7 Å². The van der Waals surface area contributed by atoms with Gasteiger partial charge in [0.25, 0.3) is 0 Å². The number of nitrogens with zero attached hydrogens (tertiary/aromatic N) is 6. The first-order valence-electron chi connectivity index (χ1n) is 12.5. The van der Waals surface area contributed by atoms with Crippen molar-refractivity contribution in [3.8, 4) is 0 Å². The van der Waals surface area contributed by atoms with Gasteiger partial charge in [-0.1, -0.05) is 12.1 Å². The molecule has 0 bridgehead atoms. The summed E-state index contributed by atoms with van der Waals surface area (Å²) < 4.78 is 14.5. The van der Waals surface area contributed by atoms with E-state index in [2.05, 4.69) is 20.9 Å². The SMILES string of the molecule is N[C@H]1c2c(F)cccc2CC12CCN(c1cnc3c(n1)CN=C3N1CCCc3ncccc31)CC2. The molecule has 3 aromatic rings. The second-order valence-corrected chi connectivity index (χ2v) is 10.2. The molecule has 0 saturated carbocycles. The van der Waals surface area contributed by atoms with E-state index in [0.29, 0.717) is 6.54 Å². The quantitative estimate of drug-likeness (QED) is 0.587. The molecular weight excluding hydrogens is 441 g/mol. The minimum absolute atomic E-state index is 0.0723. The van der Waals surface area contributed by atoms with E-state index in [1.54, 1.807) is 6.07 Å². The summed E-state index contributed by atoms with van der Waals surface area (Å²) in [6.45, 7) is 3.15. The van der Waals surface area contributed by atoms with Crippen LogP contribution in [0.3, 0.4) is 0 Å². The highest BCUT2D eigenvalue weighted by Gasteiger charge is 2.47. The predicted molar refractivity (Wildman–Crippen MR) is 133 cm³/mol. The average molecular weight is 470 g/mol. The average Bonchev–Trinajstić information content (AvgIpc) is 3.43. The molecular formula is C27H28FN7. The highest BCUT2D eigenvalue weighted by molar-refractivity contribution is 6.11. The van der Waals surface area contributed by atoms with E-state index < -0.39 is 0 Å². The van der Waals surface area contributed by atoms with Crippen molar-refractivity contribution in [2.75, 3.05) is 29.4 Å². The summed E-state index contributed by atoms with van der Waals surface area (Å²) in [5.41, 5.74) is 12.4. The largest absolute Gasteiger partial charge is 0.355 e. The fourth-order valence-electron chi connectivity index (χ4n) is 6.47. The predicted octanol–water partition coefficient (Wildman–Crippen LogP) is 3.57. The molecule has 7 nitrogen and oxygen atoms in total. The molecule has 0 unspecified atom stereocenters. The molecule has 0 radical (unpaired) electrons. The number of hydrogen-bond acceptors (Lipinski definition) is 7. The summed E-state index contributed by atoms with van der Waals surface area (Å²) in [7, 11) is 0. The van der Waals surface area contributed by atoms with Crippen LogP contribution in [-0.4, -0.2) is 40.4 Å². The van der Waals surface area contributed by atoms with Crippen LogP contribution in [0, 0.1) is 11.2 Å². The molecule has 5 heterocycles. The third kappa shape index (κ3) is 3.19. The number of benzene rings is 1. The van der Waals surface area contributed by atoms with Gasteiger partial charge in [0.05, 0.1) is 29.8 Å². The Morgan fingerprint density at radius 1 is 1.03 bits per heavy atom. The van der Waals surface area contributed by atoms with Crippen LogP contribution in [0.1, 0.15) is 53.5 Å². The summed E-state index contributed by atoms with van der Waals surface area (Å²) in [5, 5.41) is 0. The number of aromatic nitrogens is 3. The Bertz CT molecular complexity index is 1350. The van der Waals surface area contributed by atoms with Crippen molar-refractivity contribution in [3.05, 3.63) is 76.8 Å². The zero-order chi connectivity index (χ0) is 23.6. The topological polar surface area (TPSA) is 83.5 Å². The van der Waals surface area contributed by atoms with Crippen LogP contribution >= 0.6 is 0 Å². The number of fused-ring (bicyclic) bond motifs is 3. The Hall–Kier alpha value is -3.39. The van der Waals surface area contributed by atoms with Gasteiger partial charge in [-0.2, -0.15) is 0 Å². The van der Waals surface area contributed by atoms with Crippen LogP contribution in [0.5, 0.6) is 0 Å². The molecule has 7 rings (SSSR count). The lowest BCUT2D eigenvalue weighted by Gasteiger charge is -2.42. The fraction of sp³-hybridized carbons (Fsp3) is 0.407. The van der Waals surface area contributed by atoms with Crippen molar-refractivity contribution < 1.29 is 4.39 Å². The van der Waals surface area contributed by atoms with Gasteiger partial charge in [0.15, 0.2) is 5.84 Å². The lowest BCUT2D eigenvalue weighted by atomic mass is 9.73. The maximum atomic E-state index is 14.5. The number of piperidine rings is 1. The van der Waals surface area contributed by atoms with Gasteiger partial charge in [-0.3, -0.25) is 9.98 Å². The van der Waals surface area contributed by atoms with Gasteiger partial charge < -0.3 is 15.5 Å². The van der Waals surface area contributed by atoms with Gasteiger partial charge in [-0.25, -0.2) is 14.4 Å². The molecule has 35 heavy (non-hydrogen) atoms. The minimum atomic E-state index is -0.246. The number of anilines is 2. The van der Waals surface area contributed by atoms with Crippen LogP contribution in [0.25, 0.3) is 0 Å². The van der Waals surface area contributed by atoms with Gasteiger partial charge in [-0.15, -0.1) is 0 Å². The number of halogens is 1. The van der Waals surface area contributed by atoms with E-state index in [4.69, 9.17) is 20.7 Å². The van der Waals surface area contributed by atoms with Gasteiger partial charge in [0.1, 0.15) is 17.3 Å². The summed E-state index contributed by atoms with van der Waals surface area (Å²) >= 11 is 0. The molecule has 3 aliphatic heterocycles. The number of nitrogens with two attached hydrogens (primary N) is 1. The van der Waals surface area contributed by atoms with Crippen LogP contribution < -0.4 is 15.5 Å². The van der Waals surface area contributed by atoms with Crippen molar-refractivity contribution >= 4 is 17.3 Å². The Labute approximate surface area is 203 Å². The van der Waals surface area contributed by atoms with E-state index >= 15 is 0 Å². The third-order valence-corrected chi connectivity index (χ3v) is 8.37. The van der Waals surface area contributed by atoms with Crippen LogP contribution in [0.4, 0.5) is 15.9 Å². The molecule has 2 N–H and O–H groups in total. The third-order valence-electron chi connectivity index (χ3n) is 8.37. The lowest BCUT2D eigenvalue weighted by Crippen LogP contribution is -2.44. The van der Waals surface area contributed by atoms with E-state index in [-0.39, 0.29) is 17.3 Å². The van der Waals surface area contributed by atoms with Crippen molar-refractivity contribution in [2.24, 2.45) is 16.1 Å². The highest BCUT2D eigenvalue weighted by Crippen LogP contribution is 2.51.